The second-order valence-electron chi connectivity index (χ2n) is 8.93. The topological polar surface area (TPSA) is 125 Å². The van der Waals surface area contributed by atoms with Crippen LogP contribution in [0.3, 0.4) is 0 Å². The summed E-state index contributed by atoms with van der Waals surface area (Å²) in [5, 5.41) is 2.68. The zero-order valence-electron chi connectivity index (χ0n) is 21.9. The highest BCUT2D eigenvalue weighted by atomic mass is 16.5. The number of urea groups is 1. The SMILES string of the molecule is COc1ccc(N2C(=O)NC(=O)C(=Cc3cc(C)n(-n4c(C)nc5ccccc5c4=O)c3C)C2=O)c(OC)c1. The Kier molecular flexibility index (Phi) is 6.27. The van der Waals surface area contributed by atoms with E-state index >= 15 is 0 Å². The maximum atomic E-state index is 13.5. The van der Waals surface area contributed by atoms with E-state index < -0.39 is 17.8 Å². The summed E-state index contributed by atoms with van der Waals surface area (Å²) >= 11 is 0. The lowest BCUT2D eigenvalue weighted by Gasteiger charge is -2.27. The summed E-state index contributed by atoms with van der Waals surface area (Å²) in [5.41, 5.74) is 2.01. The number of nitrogens with zero attached hydrogens (tertiary/aromatic N) is 4. The van der Waals surface area contributed by atoms with E-state index in [2.05, 4.69) is 10.3 Å². The number of benzene rings is 2. The van der Waals surface area contributed by atoms with Crippen LogP contribution in [0, 0.1) is 20.8 Å². The summed E-state index contributed by atoms with van der Waals surface area (Å²) in [7, 11) is 2.87. The quantitative estimate of drug-likeness (QED) is 0.312. The molecular formula is C28H25N5O6. The summed E-state index contributed by atoms with van der Waals surface area (Å²) in [6, 6.07) is 12.5. The zero-order chi connectivity index (χ0) is 28.0. The molecule has 0 spiro atoms. The van der Waals surface area contributed by atoms with Gasteiger partial charge in [0.25, 0.3) is 17.4 Å². The van der Waals surface area contributed by atoms with Gasteiger partial charge in [0.15, 0.2) is 0 Å². The maximum absolute atomic E-state index is 13.5. The molecule has 39 heavy (non-hydrogen) atoms. The van der Waals surface area contributed by atoms with Crippen LogP contribution in [0.15, 0.2) is 58.9 Å². The van der Waals surface area contributed by atoms with Crippen LogP contribution in [0.4, 0.5) is 10.5 Å². The highest BCUT2D eigenvalue weighted by Gasteiger charge is 2.38. The van der Waals surface area contributed by atoms with Crippen molar-refractivity contribution in [2.45, 2.75) is 20.8 Å². The molecule has 1 N–H and O–H groups in total. The van der Waals surface area contributed by atoms with E-state index in [1.54, 1.807) is 55.8 Å². The lowest BCUT2D eigenvalue weighted by Crippen LogP contribution is -2.54. The molecular weight excluding hydrogens is 502 g/mol. The Morgan fingerprint density at radius 3 is 2.36 bits per heavy atom. The summed E-state index contributed by atoms with van der Waals surface area (Å²) in [4.78, 5) is 57.9. The van der Waals surface area contributed by atoms with Gasteiger partial charge in [0, 0.05) is 17.5 Å². The Morgan fingerprint density at radius 1 is 0.897 bits per heavy atom. The summed E-state index contributed by atoms with van der Waals surface area (Å²) in [5.74, 6) is -0.511. The van der Waals surface area contributed by atoms with Crippen molar-refractivity contribution in [2.75, 3.05) is 19.1 Å². The zero-order valence-corrected chi connectivity index (χ0v) is 21.9. The summed E-state index contributed by atoms with van der Waals surface area (Å²) in [6.45, 7) is 5.30. The van der Waals surface area contributed by atoms with Gasteiger partial charge >= 0.3 is 6.03 Å². The van der Waals surface area contributed by atoms with Crippen molar-refractivity contribution in [1.82, 2.24) is 19.7 Å². The first-order chi connectivity index (χ1) is 18.7. The van der Waals surface area contributed by atoms with E-state index in [-0.39, 0.29) is 22.6 Å². The molecule has 1 fully saturated rings. The van der Waals surface area contributed by atoms with E-state index in [0.29, 0.717) is 39.4 Å². The summed E-state index contributed by atoms with van der Waals surface area (Å²) in [6.07, 6.45) is 1.40. The molecule has 2 aromatic carbocycles. The number of imide groups is 2. The van der Waals surface area contributed by atoms with Crippen molar-refractivity contribution in [1.29, 1.82) is 0 Å². The number of nitrogens with one attached hydrogen (secondary N) is 1. The normalized spacial score (nSPS) is 14.7. The van der Waals surface area contributed by atoms with E-state index in [1.807, 2.05) is 6.07 Å². The van der Waals surface area contributed by atoms with Gasteiger partial charge in [-0.25, -0.2) is 14.7 Å². The minimum Gasteiger partial charge on any atom is -0.497 e. The first kappa shape index (κ1) is 25.5. The molecule has 0 aliphatic carbocycles. The Morgan fingerprint density at radius 2 is 1.64 bits per heavy atom. The number of carbonyl (C=O) groups excluding carboxylic acids is 3. The molecule has 0 saturated carbocycles. The van der Waals surface area contributed by atoms with Crippen molar-refractivity contribution < 1.29 is 23.9 Å². The molecule has 11 heteroatoms. The van der Waals surface area contributed by atoms with E-state index in [9.17, 15) is 19.2 Å². The average Bonchev–Trinajstić information content (AvgIpc) is 3.19. The number of aromatic nitrogens is 3. The number of para-hydroxylation sites is 1. The molecule has 0 bridgehead atoms. The van der Waals surface area contributed by atoms with E-state index in [4.69, 9.17) is 9.47 Å². The van der Waals surface area contributed by atoms with Gasteiger partial charge in [0.1, 0.15) is 22.9 Å². The summed E-state index contributed by atoms with van der Waals surface area (Å²) < 4.78 is 13.7. The number of rotatable bonds is 5. The number of amides is 4. The molecule has 5 rings (SSSR count). The molecule has 1 aliphatic heterocycles. The van der Waals surface area contributed by atoms with Gasteiger partial charge in [-0.05, 0) is 62.7 Å². The van der Waals surface area contributed by atoms with Crippen LogP contribution in [0.25, 0.3) is 17.0 Å². The minimum absolute atomic E-state index is 0.147. The molecule has 11 nitrogen and oxygen atoms in total. The van der Waals surface area contributed by atoms with Crippen LogP contribution < -0.4 is 25.2 Å². The minimum atomic E-state index is -0.902. The van der Waals surface area contributed by atoms with Crippen LogP contribution in [0.2, 0.25) is 0 Å². The Bertz CT molecular complexity index is 1780. The highest BCUT2D eigenvalue weighted by Crippen LogP contribution is 2.34. The predicted molar refractivity (Wildman–Crippen MR) is 144 cm³/mol. The molecule has 0 atom stereocenters. The molecule has 3 heterocycles. The van der Waals surface area contributed by atoms with Crippen LogP contribution in [0.5, 0.6) is 11.5 Å². The fourth-order valence-corrected chi connectivity index (χ4v) is 4.70. The molecule has 4 amide bonds. The fourth-order valence-electron chi connectivity index (χ4n) is 4.70. The van der Waals surface area contributed by atoms with Gasteiger partial charge in [-0.15, -0.1) is 0 Å². The number of ether oxygens (including phenoxy) is 2. The Balaban J connectivity index is 1.61. The average molecular weight is 528 g/mol. The molecule has 198 valence electrons. The smallest absolute Gasteiger partial charge is 0.336 e. The second-order valence-corrected chi connectivity index (χ2v) is 8.93. The third-order valence-electron chi connectivity index (χ3n) is 6.58. The van der Waals surface area contributed by atoms with Gasteiger partial charge in [0.05, 0.1) is 30.8 Å². The van der Waals surface area contributed by atoms with Gasteiger partial charge in [-0.1, -0.05) is 12.1 Å². The number of hydrogen-bond donors (Lipinski definition) is 1. The molecule has 0 radical (unpaired) electrons. The van der Waals surface area contributed by atoms with E-state index in [1.165, 1.54) is 37.1 Å². The van der Waals surface area contributed by atoms with Crippen LogP contribution in [0.1, 0.15) is 22.8 Å². The van der Waals surface area contributed by atoms with Gasteiger partial charge in [-0.3, -0.25) is 24.4 Å². The fraction of sp³-hybridized carbons (Fsp3) is 0.179. The Labute approximate surface area is 222 Å². The predicted octanol–water partition coefficient (Wildman–Crippen LogP) is 3.12. The number of aryl methyl sites for hydroxylation is 2. The Hall–Kier alpha value is -5.19. The molecule has 1 saturated heterocycles. The monoisotopic (exact) mass is 527 g/mol. The third-order valence-corrected chi connectivity index (χ3v) is 6.58. The van der Waals surface area contributed by atoms with Crippen molar-refractivity contribution in [3.8, 4) is 11.5 Å². The number of fused-ring (bicyclic) bond motifs is 1. The molecule has 0 unspecified atom stereocenters. The van der Waals surface area contributed by atoms with Crippen molar-refractivity contribution in [3.05, 3.63) is 87.2 Å². The number of barbiturate groups is 1. The van der Waals surface area contributed by atoms with Crippen LogP contribution in [-0.2, 0) is 9.59 Å². The molecule has 1 aliphatic rings. The van der Waals surface area contributed by atoms with Crippen molar-refractivity contribution in [2.24, 2.45) is 0 Å². The number of carbonyl (C=O) groups is 3. The van der Waals surface area contributed by atoms with E-state index in [0.717, 1.165) is 4.90 Å². The van der Waals surface area contributed by atoms with Crippen LogP contribution in [-0.4, -0.2) is 46.4 Å². The first-order valence-corrected chi connectivity index (χ1v) is 12.0. The standard InChI is InChI=1S/C28H25N5O6/c1-15-12-18(16(2)32(15)33-17(3)29-22-9-7-6-8-20(22)27(33)36)13-21-25(34)30-28(37)31(26(21)35)23-11-10-19(38-4)14-24(23)39-5/h6-14H,1-5H3,(H,30,34,37). The second kappa shape index (κ2) is 9.60. The van der Waals surface area contributed by atoms with Gasteiger partial charge in [-0.2, -0.15) is 4.68 Å². The molecule has 4 aromatic rings. The maximum Gasteiger partial charge on any atom is 0.336 e. The largest absolute Gasteiger partial charge is 0.497 e. The number of anilines is 1. The molecule has 2 aromatic heterocycles. The van der Waals surface area contributed by atoms with Crippen molar-refractivity contribution >= 4 is 40.5 Å². The first-order valence-electron chi connectivity index (χ1n) is 12.0. The van der Waals surface area contributed by atoms with Crippen molar-refractivity contribution in [3.63, 3.8) is 0 Å². The lowest BCUT2D eigenvalue weighted by molar-refractivity contribution is -0.122. The van der Waals surface area contributed by atoms with Gasteiger partial charge < -0.3 is 9.47 Å². The third kappa shape index (κ3) is 4.13. The van der Waals surface area contributed by atoms with Gasteiger partial charge in [0.2, 0.25) is 0 Å². The number of methoxy groups -OCH3 is 2. The lowest BCUT2D eigenvalue weighted by atomic mass is 10.1. The highest BCUT2D eigenvalue weighted by molar-refractivity contribution is 6.39. The number of hydrogen-bond acceptors (Lipinski definition) is 7. The van der Waals surface area contributed by atoms with Crippen LogP contribution >= 0.6 is 0 Å².